The molecule has 2 amide bonds. The number of unbranched alkanes of at least 4 members (excludes halogenated alkanes) is 1. The van der Waals surface area contributed by atoms with Crippen LogP contribution < -0.4 is 11.1 Å². The lowest BCUT2D eigenvalue weighted by atomic mass is 9.87. The van der Waals surface area contributed by atoms with E-state index in [0.29, 0.717) is 25.2 Å². The lowest BCUT2D eigenvalue weighted by Gasteiger charge is -2.39. The molecule has 1 heterocycles. The van der Waals surface area contributed by atoms with E-state index in [1.54, 1.807) is 29.2 Å². The average molecular weight is 632 g/mol. The highest BCUT2D eigenvalue weighted by molar-refractivity contribution is 6.40. The molecule has 11 heteroatoms. The number of hydrogen-bond donors (Lipinski definition) is 2. The maximum Gasteiger partial charge on any atom is 0.238 e. The van der Waals surface area contributed by atoms with Gasteiger partial charge in [0.15, 0.2) is 5.78 Å². The number of benzene rings is 3. The van der Waals surface area contributed by atoms with Crippen molar-refractivity contribution in [3.63, 3.8) is 0 Å². The van der Waals surface area contributed by atoms with Gasteiger partial charge in [-0.05, 0) is 73.8 Å². The van der Waals surface area contributed by atoms with Crippen LogP contribution >= 0.6 is 23.2 Å². The van der Waals surface area contributed by atoms with E-state index in [9.17, 15) is 23.2 Å². The Morgan fingerprint density at radius 2 is 1.49 bits per heavy atom. The number of nitrogens with one attached hydrogen (secondary N) is 1. The number of hydrogen-bond acceptors (Lipinski definition) is 5. The van der Waals surface area contributed by atoms with Crippen molar-refractivity contribution in [2.45, 2.75) is 38.1 Å². The van der Waals surface area contributed by atoms with Crippen LogP contribution in [0, 0.1) is 11.6 Å². The molecule has 0 aliphatic carbocycles. The second kappa shape index (κ2) is 14.9. The fourth-order valence-electron chi connectivity index (χ4n) is 5.40. The Morgan fingerprint density at radius 1 is 0.930 bits per heavy atom. The molecule has 0 bridgehead atoms. The standard InChI is InChI=1S/C32H34Cl2F2N4O3/c1-20(41)23-16-27(33)31(28(34)17-23)38-30(42)19-40-15-14-39(18-29(40)32(37)43)13-3-2-4-26(21-5-9-24(35)10-6-21)22-7-11-25(36)12-8-22/h5-12,16-17,26,29H,2-4,13-15,18-19H2,1H3,(H2,37,43)(H,38,42). The van der Waals surface area contributed by atoms with Crippen molar-refractivity contribution in [3.05, 3.63) is 99.0 Å². The number of carbonyl (C=O) groups is 3. The number of piperazine rings is 1. The lowest BCUT2D eigenvalue weighted by Crippen LogP contribution is -2.59. The van der Waals surface area contributed by atoms with Crippen LogP contribution in [0.2, 0.25) is 10.0 Å². The molecule has 0 spiro atoms. The fraction of sp³-hybridized carbons (Fsp3) is 0.344. The maximum absolute atomic E-state index is 13.5. The van der Waals surface area contributed by atoms with Crippen molar-refractivity contribution in [1.82, 2.24) is 9.80 Å². The van der Waals surface area contributed by atoms with E-state index in [0.717, 1.165) is 36.9 Å². The van der Waals surface area contributed by atoms with Crippen LogP contribution in [0.5, 0.6) is 0 Å². The van der Waals surface area contributed by atoms with Crippen molar-refractivity contribution >= 4 is 46.5 Å². The maximum atomic E-state index is 13.5. The summed E-state index contributed by atoms with van der Waals surface area (Å²) in [5.74, 6) is -1.75. The second-order valence-corrected chi connectivity index (χ2v) is 11.6. The fourth-order valence-corrected chi connectivity index (χ4v) is 5.98. The number of halogens is 4. The number of Topliss-reactive ketones (excluding diaryl/α,β-unsaturated/α-hetero) is 1. The summed E-state index contributed by atoms with van der Waals surface area (Å²) in [6.07, 6.45) is 2.49. The van der Waals surface area contributed by atoms with Crippen LogP contribution in [0.25, 0.3) is 0 Å². The van der Waals surface area contributed by atoms with Gasteiger partial charge in [-0.3, -0.25) is 24.2 Å². The smallest absolute Gasteiger partial charge is 0.238 e. The summed E-state index contributed by atoms with van der Waals surface area (Å²) in [6.45, 7) is 3.53. The first-order valence-electron chi connectivity index (χ1n) is 14.1. The van der Waals surface area contributed by atoms with E-state index in [1.807, 2.05) is 0 Å². The van der Waals surface area contributed by atoms with Gasteiger partial charge in [0.05, 0.1) is 22.3 Å². The highest BCUT2D eigenvalue weighted by Gasteiger charge is 2.32. The summed E-state index contributed by atoms with van der Waals surface area (Å²) >= 11 is 12.5. The van der Waals surface area contributed by atoms with E-state index >= 15 is 0 Å². The Bertz CT molecular complexity index is 1390. The van der Waals surface area contributed by atoms with E-state index in [1.165, 1.54) is 43.3 Å². The lowest BCUT2D eigenvalue weighted by molar-refractivity contribution is -0.127. The second-order valence-electron chi connectivity index (χ2n) is 10.8. The summed E-state index contributed by atoms with van der Waals surface area (Å²) in [4.78, 5) is 40.7. The molecular weight excluding hydrogens is 597 g/mol. The summed E-state index contributed by atoms with van der Waals surface area (Å²) in [7, 11) is 0. The molecule has 1 saturated heterocycles. The van der Waals surface area contributed by atoms with Gasteiger partial charge < -0.3 is 11.1 Å². The number of amides is 2. The molecule has 1 aliphatic heterocycles. The number of ketones is 1. The zero-order valence-electron chi connectivity index (χ0n) is 23.8. The van der Waals surface area contributed by atoms with Gasteiger partial charge in [-0.15, -0.1) is 0 Å². The predicted molar refractivity (Wildman–Crippen MR) is 165 cm³/mol. The molecular formula is C32H34Cl2F2N4O3. The van der Waals surface area contributed by atoms with Crippen LogP contribution in [0.4, 0.5) is 14.5 Å². The van der Waals surface area contributed by atoms with Crippen LogP contribution in [0.1, 0.15) is 53.6 Å². The summed E-state index contributed by atoms with van der Waals surface area (Å²) in [6, 6.07) is 15.0. The third-order valence-corrected chi connectivity index (χ3v) is 8.32. The zero-order chi connectivity index (χ0) is 31.1. The van der Waals surface area contributed by atoms with Gasteiger partial charge in [-0.1, -0.05) is 53.9 Å². The number of nitrogens with two attached hydrogens (primary N) is 1. The monoisotopic (exact) mass is 630 g/mol. The van der Waals surface area contributed by atoms with Crippen molar-refractivity contribution in [2.24, 2.45) is 5.73 Å². The molecule has 1 atom stereocenters. The first-order chi connectivity index (χ1) is 20.5. The number of carbonyl (C=O) groups excluding carboxylic acids is 3. The van der Waals surface area contributed by atoms with Gasteiger partial charge in [0, 0.05) is 31.1 Å². The quantitative estimate of drug-likeness (QED) is 0.192. The summed E-state index contributed by atoms with van der Waals surface area (Å²) < 4.78 is 27.1. The van der Waals surface area contributed by atoms with Gasteiger partial charge >= 0.3 is 0 Å². The Labute approximate surface area is 259 Å². The first-order valence-corrected chi connectivity index (χ1v) is 14.8. The van der Waals surface area contributed by atoms with Gasteiger partial charge in [-0.25, -0.2) is 8.78 Å². The number of rotatable bonds is 12. The minimum absolute atomic E-state index is 0.00408. The topological polar surface area (TPSA) is 95.7 Å². The zero-order valence-corrected chi connectivity index (χ0v) is 25.3. The largest absolute Gasteiger partial charge is 0.368 e. The minimum Gasteiger partial charge on any atom is -0.368 e. The molecule has 1 fully saturated rings. The number of primary amides is 1. The van der Waals surface area contributed by atoms with E-state index < -0.39 is 17.9 Å². The minimum atomic E-state index is -0.656. The molecule has 3 aromatic rings. The molecule has 3 aromatic carbocycles. The molecule has 0 radical (unpaired) electrons. The third kappa shape index (κ3) is 8.83. The van der Waals surface area contributed by atoms with Gasteiger partial charge in [-0.2, -0.15) is 0 Å². The van der Waals surface area contributed by atoms with E-state index in [-0.39, 0.29) is 45.6 Å². The van der Waals surface area contributed by atoms with Crippen LogP contribution in [0.3, 0.4) is 0 Å². The van der Waals surface area contributed by atoms with E-state index in [4.69, 9.17) is 28.9 Å². The molecule has 1 unspecified atom stereocenters. The molecule has 0 saturated carbocycles. The molecule has 3 N–H and O–H groups in total. The van der Waals surface area contributed by atoms with Gasteiger partial charge in [0.1, 0.15) is 17.7 Å². The molecule has 228 valence electrons. The summed E-state index contributed by atoms with van der Waals surface area (Å²) in [5, 5.41) is 2.97. The van der Waals surface area contributed by atoms with Crippen molar-refractivity contribution < 1.29 is 23.2 Å². The molecule has 0 aromatic heterocycles. The molecule has 1 aliphatic rings. The first kappa shape index (κ1) is 32.5. The molecule has 4 rings (SSSR count). The van der Waals surface area contributed by atoms with Crippen molar-refractivity contribution in [3.8, 4) is 0 Å². The van der Waals surface area contributed by atoms with Crippen molar-refractivity contribution in [2.75, 3.05) is 38.0 Å². The Hall–Kier alpha value is -3.37. The highest BCUT2D eigenvalue weighted by Crippen LogP contribution is 2.33. The predicted octanol–water partition coefficient (Wildman–Crippen LogP) is 5.89. The molecule has 7 nitrogen and oxygen atoms in total. The third-order valence-electron chi connectivity index (χ3n) is 7.73. The summed E-state index contributed by atoms with van der Waals surface area (Å²) in [5.41, 5.74) is 8.18. The Balaban J connectivity index is 1.31. The van der Waals surface area contributed by atoms with Gasteiger partial charge in [0.25, 0.3) is 0 Å². The van der Waals surface area contributed by atoms with Crippen LogP contribution in [0.15, 0.2) is 60.7 Å². The Kier molecular flexibility index (Phi) is 11.3. The van der Waals surface area contributed by atoms with Crippen LogP contribution in [-0.4, -0.2) is 66.2 Å². The average Bonchev–Trinajstić information content (AvgIpc) is 2.96. The van der Waals surface area contributed by atoms with Crippen molar-refractivity contribution in [1.29, 1.82) is 0 Å². The highest BCUT2D eigenvalue weighted by atomic mass is 35.5. The SMILES string of the molecule is CC(=O)c1cc(Cl)c(NC(=O)CN2CCN(CCCCC(c3ccc(F)cc3)c3ccc(F)cc3)CC2C(N)=O)c(Cl)c1. The molecule has 43 heavy (non-hydrogen) atoms. The number of anilines is 1. The van der Waals surface area contributed by atoms with E-state index in [2.05, 4.69) is 10.2 Å². The Morgan fingerprint density at radius 3 is 2.00 bits per heavy atom. The normalized spacial score (nSPS) is 15.9. The van der Waals surface area contributed by atoms with Crippen LogP contribution in [-0.2, 0) is 9.59 Å². The number of nitrogens with zero attached hydrogens (tertiary/aromatic N) is 2. The van der Waals surface area contributed by atoms with Gasteiger partial charge in [0.2, 0.25) is 11.8 Å².